The van der Waals surface area contributed by atoms with Gasteiger partial charge in [-0.05, 0) is 91.3 Å². The van der Waals surface area contributed by atoms with Crippen molar-refractivity contribution in [1.82, 2.24) is 9.97 Å². The molecule has 1 aliphatic rings. The molecule has 234 valence electrons. The molecule has 2 nitrogen and oxygen atoms in total. The molecule has 0 unspecified atom stereocenters. The maximum Gasteiger partial charge on any atom is 0.160 e. The van der Waals surface area contributed by atoms with Crippen molar-refractivity contribution in [2.75, 3.05) is 0 Å². The molecular weight excluding hydrogens is 625 g/mol. The summed E-state index contributed by atoms with van der Waals surface area (Å²) in [6, 6.07) is 61.1. The second-order valence-electron chi connectivity index (χ2n) is 13.0. The summed E-state index contributed by atoms with van der Waals surface area (Å²) >= 11 is 1.86. The van der Waals surface area contributed by atoms with Gasteiger partial charge in [-0.25, -0.2) is 9.97 Å². The molecule has 0 aliphatic carbocycles. The lowest BCUT2D eigenvalue weighted by Gasteiger charge is -2.19. The van der Waals surface area contributed by atoms with Crippen LogP contribution in [-0.2, 0) is 6.42 Å². The van der Waals surface area contributed by atoms with Crippen LogP contribution < -0.4 is 0 Å². The van der Waals surface area contributed by atoms with E-state index in [1.807, 2.05) is 11.8 Å². The summed E-state index contributed by atoms with van der Waals surface area (Å²) in [4.78, 5) is 13.2. The van der Waals surface area contributed by atoms with E-state index in [9.17, 15) is 0 Å². The van der Waals surface area contributed by atoms with Crippen molar-refractivity contribution in [3.63, 3.8) is 0 Å². The minimum Gasteiger partial charge on any atom is -0.228 e. The minimum atomic E-state index is 0.723. The Morgan fingerprint density at radius 2 is 0.860 bits per heavy atom. The van der Waals surface area contributed by atoms with Crippen LogP contribution in [0.1, 0.15) is 11.1 Å². The number of fused-ring (bicyclic) bond motifs is 8. The predicted octanol–water partition coefficient (Wildman–Crippen LogP) is 12.7. The Bertz CT molecular complexity index is 2720. The summed E-state index contributed by atoms with van der Waals surface area (Å²) in [5.41, 5.74) is 10.1. The SMILES string of the molecule is c1ccc(-c2ccc(-c3cc(-c4ccc5c(c4)Cc4ccccc4S5)nc(-c4ccc5c6ccccc6c6ccccc6c5c4)n3)cc2)cc1. The van der Waals surface area contributed by atoms with Gasteiger partial charge in [-0.2, -0.15) is 0 Å². The average molecular weight is 655 g/mol. The van der Waals surface area contributed by atoms with Crippen molar-refractivity contribution in [2.45, 2.75) is 16.2 Å². The van der Waals surface area contributed by atoms with Crippen LogP contribution in [0.2, 0.25) is 0 Å². The standard InChI is InChI=1S/C47H30N2S/c1-2-10-30(11-3-1)31-18-20-32(21-19-31)43-29-44(33-23-25-46-36(26-33)27-34-12-4-9-17-45(34)50-46)49-47(48-43)35-22-24-41-39-15-6-5-13-37(39)38-14-7-8-16-40(38)42(41)28-35/h1-26,28-29H,27H2. The van der Waals surface area contributed by atoms with Gasteiger partial charge in [-0.3, -0.25) is 0 Å². The van der Waals surface area contributed by atoms with Gasteiger partial charge >= 0.3 is 0 Å². The Hall–Kier alpha value is -6.03. The first kappa shape index (κ1) is 28.9. The van der Waals surface area contributed by atoms with E-state index in [-0.39, 0.29) is 0 Å². The molecule has 1 aromatic heterocycles. The van der Waals surface area contributed by atoms with Gasteiger partial charge in [0, 0.05) is 26.5 Å². The van der Waals surface area contributed by atoms with Crippen molar-refractivity contribution in [2.24, 2.45) is 0 Å². The molecule has 0 spiro atoms. The number of rotatable bonds is 4. The molecule has 10 rings (SSSR count). The topological polar surface area (TPSA) is 25.8 Å². The third-order valence-electron chi connectivity index (χ3n) is 9.95. The van der Waals surface area contributed by atoms with Crippen LogP contribution in [0, 0.1) is 0 Å². The van der Waals surface area contributed by atoms with Crippen LogP contribution >= 0.6 is 11.8 Å². The third kappa shape index (κ3) is 4.98. The second kappa shape index (κ2) is 11.8. The molecule has 1 aliphatic heterocycles. The first-order valence-electron chi connectivity index (χ1n) is 17.0. The molecule has 0 saturated heterocycles. The summed E-state index contributed by atoms with van der Waals surface area (Å²) in [7, 11) is 0. The fourth-order valence-electron chi connectivity index (χ4n) is 7.43. The Kier molecular flexibility index (Phi) is 6.85. The number of hydrogen-bond acceptors (Lipinski definition) is 3. The minimum absolute atomic E-state index is 0.723. The van der Waals surface area contributed by atoms with Crippen molar-refractivity contribution in [1.29, 1.82) is 0 Å². The second-order valence-corrected chi connectivity index (χ2v) is 14.0. The van der Waals surface area contributed by atoms with Crippen LogP contribution in [0.5, 0.6) is 0 Å². The van der Waals surface area contributed by atoms with Crippen molar-refractivity contribution < 1.29 is 0 Å². The van der Waals surface area contributed by atoms with Gasteiger partial charge in [0.1, 0.15) is 0 Å². The molecule has 8 aromatic carbocycles. The predicted molar refractivity (Wildman–Crippen MR) is 210 cm³/mol. The van der Waals surface area contributed by atoms with Gasteiger partial charge in [0.15, 0.2) is 5.82 Å². The zero-order valence-electron chi connectivity index (χ0n) is 27.2. The lowest BCUT2D eigenvalue weighted by atomic mass is 9.93. The Morgan fingerprint density at radius 1 is 0.340 bits per heavy atom. The highest BCUT2D eigenvalue weighted by molar-refractivity contribution is 7.99. The Labute approximate surface area is 295 Å². The largest absolute Gasteiger partial charge is 0.228 e. The van der Waals surface area contributed by atoms with Crippen molar-refractivity contribution >= 4 is 44.1 Å². The third-order valence-corrected chi connectivity index (χ3v) is 11.2. The smallest absolute Gasteiger partial charge is 0.160 e. The molecule has 0 fully saturated rings. The maximum atomic E-state index is 5.29. The van der Waals surface area contributed by atoms with E-state index < -0.39 is 0 Å². The lowest BCUT2D eigenvalue weighted by molar-refractivity contribution is 1.05. The van der Waals surface area contributed by atoms with Crippen molar-refractivity contribution in [3.8, 4) is 45.0 Å². The van der Waals surface area contributed by atoms with Gasteiger partial charge in [0.2, 0.25) is 0 Å². The highest BCUT2D eigenvalue weighted by Crippen LogP contribution is 2.42. The summed E-state index contributed by atoms with van der Waals surface area (Å²) in [5, 5.41) is 7.48. The van der Waals surface area contributed by atoms with Gasteiger partial charge in [-0.1, -0.05) is 151 Å². The summed E-state index contributed by atoms with van der Waals surface area (Å²) in [6.07, 6.45) is 0.920. The average Bonchev–Trinajstić information content (AvgIpc) is 3.20. The normalized spacial score (nSPS) is 12.2. The molecule has 2 heterocycles. The number of nitrogens with zero attached hydrogens (tertiary/aromatic N) is 2. The molecule has 0 N–H and O–H groups in total. The molecule has 0 radical (unpaired) electrons. The van der Waals surface area contributed by atoms with Crippen LogP contribution in [0.4, 0.5) is 0 Å². The Morgan fingerprint density at radius 3 is 1.60 bits per heavy atom. The molecule has 9 aromatic rings. The van der Waals surface area contributed by atoms with E-state index in [1.54, 1.807) is 0 Å². The zero-order valence-corrected chi connectivity index (χ0v) is 28.0. The summed E-state index contributed by atoms with van der Waals surface area (Å²) < 4.78 is 0. The molecule has 50 heavy (non-hydrogen) atoms. The molecule has 0 atom stereocenters. The van der Waals surface area contributed by atoms with E-state index in [0.29, 0.717) is 0 Å². The number of hydrogen-bond donors (Lipinski definition) is 0. The van der Waals surface area contributed by atoms with Gasteiger partial charge in [0.05, 0.1) is 11.4 Å². The summed E-state index contributed by atoms with van der Waals surface area (Å²) in [6.45, 7) is 0. The number of benzene rings is 8. The number of aromatic nitrogens is 2. The van der Waals surface area contributed by atoms with Gasteiger partial charge < -0.3 is 0 Å². The fourth-order valence-corrected chi connectivity index (χ4v) is 8.49. The van der Waals surface area contributed by atoms with Crippen LogP contribution in [-0.4, -0.2) is 9.97 Å². The molecule has 0 saturated carbocycles. The van der Waals surface area contributed by atoms with Gasteiger partial charge in [-0.15, -0.1) is 0 Å². The lowest BCUT2D eigenvalue weighted by Crippen LogP contribution is -2.01. The summed E-state index contributed by atoms with van der Waals surface area (Å²) in [5.74, 6) is 0.723. The highest BCUT2D eigenvalue weighted by atomic mass is 32.2. The monoisotopic (exact) mass is 654 g/mol. The fraction of sp³-hybridized carbons (Fsp3) is 0.0213. The molecular formula is C47H30N2S. The van der Waals surface area contributed by atoms with Crippen LogP contribution in [0.15, 0.2) is 180 Å². The zero-order chi connectivity index (χ0) is 33.0. The Balaban J connectivity index is 1.14. The van der Waals surface area contributed by atoms with E-state index in [0.717, 1.165) is 40.3 Å². The van der Waals surface area contributed by atoms with E-state index >= 15 is 0 Å². The van der Waals surface area contributed by atoms with E-state index in [4.69, 9.17) is 9.97 Å². The first-order valence-corrected chi connectivity index (χ1v) is 17.8. The molecule has 0 bridgehead atoms. The van der Waals surface area contributed by atoms with Crippen molar-refractivity contribution in [3.05, 3.63) is 181 Å². The molecule has 0 amide bonds. The van der Waals surface area contributed by atoms with E-state index in [1.165, 1.54) is 64.4 Å². The van der Waals surface area contributed by atoms with Gasteiger partial charge in [0.25, 0.3) is 0 Å². The molecule has 3 heteroatoms. The van der Waals surface area contributed by atoms with E-state index in [2.05, 4.69) is 170 Å². The highest BCUT2D eigenvalue weighted by Gasteiger charge is 2.18. The quantitative estimate of drug-likeness (QED) is 0.177. The van der Waals surface area contributed by atoms with Crippen LogP contribution in [0.25, 0.3) is 77.3 Å². The van der Waals surface area contributed by atoms with Crippen LogP contribution in [0.3, 0.4) is 0 Å². The first-order chi connectivity index (χ1) is 24.7. The maximum absolute atomic E-state index is 5.29.